The fourth-order valence-corrected chi connectivity index (χ4v) is 26.2. The van der Waals surface area contributed by atoms with E-state index in [2.05, 4.69) is 76.5 Å². The van der Waals surface area contributed by atoms with Crippen molar-refractivity contribution in [2.75, 3.05) is 0 Å². The third-order valence-corrected chi connectivity index (χ3v) is 23.4. The van der Waals surface area contributed by atoms with Gasteiger partial charge in [0.05, 0.1) is 20.7 Å². The van der Waals surface area contributed by atoms with Crippen LogP contribution < -0.4 is 0 Å². The van der Waals surface area contributed by atoms with Crippen molar-refractivity contribution in [1.29, 1.82) is 0 Å². The molecule has 0 radical (unpaired) electrons. The zero-order valence-electron chi connectivity index (χ0n) is 14.8. The van der Waals surface area contributed by atoms with Crippen LogP contribution in [0.15, 0.2) is 40.6 Å². The van der Waals surface area contributed by atoms with Crippen molar-refractivity contribution in [2.24, 2.45) is 10.2 Å². The first-order chi connectivity index (χ1) is 10.0. The molecule has 1 aliphatic heterocycles. The average Bonchev–Trinajstić information content (AvgIpc) is 2.74. The number of benzene rings is 1. The lowest BCUT2D eigenvalue weighted by molar-refractivity contribution is 0.606. The summed E-state index contributed by atoms with van der Waals surface area (Å²) in [5.41, 5.74) is 1.24. The topological polar surface area (TPSA) is 24.7 Å². The first-order valence-corrected chi connectivity index (χ1v) is 17.2. The van der Waals surface area contributed by atoms with Gasteiger partial charge in [-0.25, -0.2) is 0 Å². The fourth-order valence-electron chi connectivity index (χ4n) is 3.81. The van der Waals surface area contributed by atoms with Crippen molar-refractivity contribution in [1.82, 2.24) is 0 Å². The Kier molecular flexibility index (Phi) is 4.83. The van der Waals surface area contributed by atoms with Gasteiger partial charge >= 0.3 is 0 Å². The van der Waals surface area contributed by atoms with Gasteiger partial charge in [-0.05, 0) is 12.0 Å². The molecule has 0 saturated heterocycles. The third-order valence-electron chi connectivity index (χ3n) is 4.79. The highest BCUT2D eigenvalue weighted by atomic mass is 35.7. The predicted octanol–water partition coefficient (Wildman–Crippen LogP) is 6.80. The summed E-state index contributed by atoms with van der Waals surface area (Å²) in [6.07, 6.45) is 0.923. The van der Waals surface area contributed by atoms with E-state index in [1.165, 1.54) is 5.56 Å². The van der Waals surface area contributed by atoms with Crippen molar-refractivity contribution in [2.45, 2.75) is 62.4 Å². The Bertz CT molecular complexity index is 552. The summed E-state index contributed by atoms with van der Waals surface area (Å²) in [7, 11) is -4.08. The second-order valence-corrected chi connectivity index (χ2v) is 22.9. The van der Waals surface area contributed by atoms with Gasteiger partial charge in [0.1, 0.15) is 5.28 Å². The summed E-state index contributed by atoms with van der Waals surface area (Å²) >= 11 is 7.31. The maximum Gasteiger partial charge on any atom is 0.141 e. The Morgan fingerprint density at radius 1 is 0.955 bits per heavy atom. The number of azo groups is 1. The zero-order chi connectivity index (χ0) is 16.8. The molecule has 0 bridgehead atoms. The smallest absolute Gasteiger partial charge is 0.141 e. The maximum atomic E-state index is 7.31. The van der Waals surface area contributed by atoms with Crippen LogP contribution in [-0.4, -0.2) is 20.7 Å². The molecule has 2 nitrogen and oxygen atoms in total. The minimum atomic E-state index is -1.61. The first-order valence-electron chi connectivity index (χ1n) is 7.98. The van der Waals surface area contributed by atoms with Crippen molar-refractivity contribution in [3.63, 3.8) is 0 Å². The normalized spacial score (nSPS) is 28.1. The molecular formula is C16H28ClN2PSi2. The molecule has 1 aromatic carbocycles. The van der Waals surface area contributed by atoms with E-state index in [-0.39, 0.29) is 9.81 Å². The summed E-state index contributed by atoms with van der Waals surface area (Å²) in [6, 6.07) is 10.6. The van der Waals surface area contributed by atoms with Gasteiger partial charge in [-0.15, -0.1) is 0 Å². The molecule has 122 valence electrons. The van der Waals surface area contributed by atoms with Crippen LogP contribution in [-0.2, 0) is 5.28 Å². The summed E-state index contributed by atoms with van der Waals surface area (Å²) in [5.74, 6) is 0. The first kappa shape index (κ1) is 18.3. The molecule has 0 aromatic heterocycles. The molecule has 0 N–H and O–H groups in total. The standard InChI is InChI=1S/C16H28ClN2PSi2/c1-8-15(14-12-10-9-11-13-14)18-19-16(20(15)17,21(2,3)4)22(5,6)7/h9-13H,8H2,1-7H3/t15-,20+/m1/s1. The molecular weight excluding hydrogens is 343 g/mol. The van der Waals surface area contributed by atoms with Gasteiger partial charge in [0.25, 0.3) is 0 Å². The van der Waals surface area contributed by atoms with Gasteiger partial charge in [0, 0.05) is 7.27 Å². The summed E-state index contributed by atoms with van der Waals surface area (Å²) in [4.78, 5) is 0. The molecule has 1 heterocycles. The van der Waals surface area contributed by atoms with Crippen LogP contribution in [0.2, 0.25) is 39.3 Å². The van der Waals surface area contributed by atoms with Crippen LogP contribution in [0.3, 0.4) is 0 Å². The quantitative estimate of drug-likeness (QED) is 0.411. The molecule has 0 fully saturated rings. The molecule has 2 atom stereocenters. The number of nitrogens with zero attached hydrogens (tertiary/aromatic N) is 2. The highest BCUT2D eigenvalue weighted by Crippen LogP contribution is 2.77. The molecule has 0 saturated carbocycles. The third kappa shape index (κ3) is 2.47. The fraction of sp³-hybridized carbons (Fsp3) is 0.625. The van der Waals surface area contributed by atoms with Crippen LogP contribution in [0.4, 0.5) is 0 Å². The van der Waals surface area contributed by atoms with E-state index in [0.717, 1.165) is 6.42 Å². The number of hydrogen-bond acceptors (Lipinski definition) is 2. The molecule has 0 aliphatic carbocycles. The van der Waals surface area contributed by atoms with Crippen molar-refractivity contribution >= 4 is 34.7 Å². The van der Waals surface area contributed by atoms with Crippen LogP contribution in [0.1, 0.15) is 18.9 Å². The Hall–Kier alpha value is -0.0262. The maximum absolute atomic E-state index is 7.31. The van der Waals surface area contributed by atoms with Crippen LogP contribution in [0.5, 0.6) is 0 Å². The van der Waals surface area contributed by atoms with E-state index in [4.69, 9.17) is 21.5 Å². The molecule has 1 aliphatic rings. The van der Waals surface area contributed by atoms with Gasteiger partial charge in [-0.3, -0.25) is 0 Å². The van der Waals surface area contributed by atoms with E-state index in [1.54, 1.807) is 0 Å². The van der Waals surface area contributed by atoms with Crippen molar-refractivity contribution < 1.29 is 0 Å². The van der Waals surface area contributed by atoms with Gasteiger partial charge in [-0.2, -0.15) is 10.2 Å². The monoisotopic (exact) mass is 370 g/mol. The largest absolute Gasteiger partial charge is 0.187 e. The lowest BCUT2D eigenvalue weighted by Crippen LogP contribution is -2.63. The second kappa shape index (κ2) is 5.80. The molecule has 0 spiro atoms. The minimum Gasteiger partial charge on any atom is -0.187 e. The molecule has 0 amide bonds. The predicted molar refractivity (Wildman–Crippen MR) is 105 cm³/mol. The molecule has 6 heteroatoms. The lowest BCUT2D eigenvalue weighted by atomic mass is 10.1. The van der Waals surface area contributed by atoms with E-state index in [9.17, 15) is 0 Å². The van der Waals surface area contributed by atoms with Crippen LogP contribution >= 0.6 is 18.5 Å². The molecule has 0 unspecified atom stereocenters. The highest BCUT2D eigenvalue weighted by molar-refractivity contribution is 7.90. The van der Waals surface area contributed by atoms with Gasteiger partial charge < -0.3 is 0 Å². The van der Waals surface area contributed by atoms with Gasteiger partial charge in [0.15, 0.2) is 0 Å². The molecule has 22 heavy (non-hydrogen) atoms. The summed E-state index contributed by atoms with van der Waals surface area (Å²) in [5, 5.41) is 9.64. The van der Waals surface area contributed by atoms with Gasteiger partial charge in [-0.1, -0.05) is 87.8 Å². The second-order valence-electron chi connectivity index (χ2n) is 8.19. The van der Waals surface area contributed by atoms with E-state index in [1.807, 2.05) is 0 Å². The minimum absolute atomic E-state index is 0.0667. The van der Waals surface area contributed by atoms with Gasteiger partial charge in [0.2, 0.25) is 0 Å². The van der Waals surface area contributed by atoms with E-state index in [0.29, 0.717) is 0 Å². The Morgan fingerprint density at radius 3 is 1.82 bits per heavy atom. The van der Waals surface area contributed by atoms with Crippen molar-refractivity contribution in [3.8, 4) is 0 Å². The lowest BCUT2D eigenvalue weighted by Gasteiger charge is -2.49. The SMILES string of the molecule is CC[C@@]1(c2ccccc2)N=NC([Si](C)(C)C)([Si](C)(C)C)[P@@]1Cl. The van der Waals surface area contributed by atoms with E-state index < -0.39 is 23.4 Å². The number of halogens is 1. The Morgan fingerprint density at radius 2 is 1.45 bits per heavy atom. The average molecular weight is 371 g/mol. The summed E-state index contributed by atoms with van der Waals surface area (Å²) < 4.78 is -0.0667. The Balaban J connectivity index is 2.65. The van der Waals surface area contributed by atoms with Crippen LogP contribution in [0, 0.1) is 0 Å². The molecule has 2 rings (SSSR count). The van der Waals surface area contributed by atoms with E-state index >= 15 is 0 Å². The zero-order valence-corrected chi connectivity index (χ0v) is 18.5. The number of hydrogen-bond donors (Lipinski definition) is 0. The molecule has 1 aromatic rings. The summed E-state index contributed by atoms with van der Waals surface area (Å²) in [6.45, 7) is 16.7. The van der Waals surface area contributed by atoms with Crippen LogP contribution in [0.25, 0.3) is 0 Å². The number of rotatable bonds is 4. The Labute approximate surface area is 143 Å². The highest BCUT2D eigenvalue weighted by Gasteiger charge is 2.66. The van der Waals surface area contributed by atoms with Crippen molar-refractivity contribution in [3.05, 3.63) is 35.9 Å².